The summed E-state index contributed by atoms with van der Waals surface area (Å²) in [4.78, 5) is 48.3. The summed E-state index contributed by atoms with van der Waals surface area (Å²) >= 11 is 0. The van der Waals surface area contributed by atoms with Crippen LogP contribution in [0, 0.1) is 11.8 Å². The van der Waals surface area contributed by atoms with E-state index in [0.717, 1.165) is 75.4 Å². The average molecular weight is 802 g/mol. The second kappa shape index (κ2) is 18.7. The number of ether oxygens (including phenoxy) is 1. The van der Waals surface area contributed by atoms with Crippen LogP contribution in [0.15, 0.2) is 89.4 Å². The molecule has 0 aromatic heterocycles. The van der Waals surface area contributed by atoms with Gasteiger partial charge in [0, 0.05) is 68.6 Å². The number of carbonyl (C=O) groups excluding carboxylic acids is 3. The number of hydrogen-bond acceptors (Lipinski definition) is 10. The van der Waals surface area contributed by atoms with Gasteiger partial charge in [0.1, 0.15) is 22.9 Å². The molecule has 4 amide bonds. The van der Waals surface area contributed by atoms with Crippen molar-refractivity contribution in [1.29, 1.82) is 0 Å². The second-order valence-corrected chi connectivity index (χ2v) is 16.9. The van der Waals surface area contributed by atoms with E-state index in [1.807, 2.05) is 66.7 Å². The molecule has 4 fully saturated rings. The third kappa shape index (κ3) is 10.1. The molecule has 59 heavy (non-hydrogen) atoms. The van der Waals surface area contributed by atoms with E-state index in [0.29, 0.717) is 66.3 Å². The van der Waals surface area contributed by atoms with E-state index in [2.05, 4.69) is 37.9 Å². The molecule has 312 valence electrons. The van der Waals surface area contributed by atoms with Gasteiger partial charge in [0.2, 0.25) is 5.91 Å². The minimum Gasteiger partial charge on any atom is -0.457 e. The van der Waals surface area contributed by atoms with Gasteiger partial charge in [-0.15, -0.1) is 0 Å². The van der Waals surface area contributed by atoms with E-state index in [4.69, 9.17) is 21.2 Å². The van der Waals surface area contributed by atoms with E-state index in [1.54, 1.807) is 4.90 Å². The molecule has 0 radical (unpaired) electrons. The highest BCUT2D eigenvalue weighted by molar-refractivity contribution is 6.25. The normalized spacial score (nSPS) is 24.1. The van der Waals surface area contributed by atoms with E-state index in [-0.39, 0.29) is 23.6 Å². The number of likely N-dealkylation sites (tertiary alicyclic amines) is 1. The highest BCUT2D eigenvalue weighted by Gasteiger charge is 2.33. The first-order valence-electron chi connectivity index (χ1n) is 21.6. The lowest BCUT2D eigenvalue weighted by molar-refractivity contribution is -0.120. The number of nitrogens with one attached hydrogen (secondary N) is 3. The summed E-state index contributed by atoms with van der Waals surface area (Å²) in [6.45, 7) is 6.54. The fourth-order valence-electron chi connectivity index (χ4n) is 9.67. The average Bonchev–Trinajstić information content (AvgIpc) is 3.26. The molecule has 0 bridgehead atoms. The van der Waals surface area contributed by atoms with Crippen molar-refractivity contribution in [2.75, 3.05) is 55.6 Å². The van der Waals surface area contributed by atoms with Gasteiger partial charge >= 0.3 is 6.03 Å². The Labute approximate surface area is 347 Å². The van der Waals surface area contributed by atoms with Gasteiger partial charge in [-0.3, -0.25) is 24.8 Å². The maximum Gasteiger partial charge on any atom is 0.328 e. The summed E-state index contributed by atoms with van der Waals surface area (Å²) in [6.07, 6.45) is 10.5. The number of primary amides is 1. The number of imide groups is 1. The van der Waals surface area contributed by atoms with Gasteiger partial charge in [0.15, 0.2) is 0 Å². The predicted molar refractivity (Wildman–Crippen MR) is 232 cm³/mol. The third-order valence-electron chi connectivity index (χ3n) is 13.0. The number of para-hydroxylation sites is 1. The van der Waals surface area contributed by atoms with Crippen LogP contribution in [0.5, 0.6) is 11.5 Å². The van der Waals surface area contributed by atoms with Crippen molar-refractivity contribution < 1.29 is 19.1 Å². The van der Waals surface area contributed by atoms with Gasteiger partial charge in [0.25, 0.3) is 5.91 Å². The Bertz CT molecular complexity index is 2000. The predicted octanol–water partition coefficient (Wildman–Crippen LogP) is 5.37. The number of piperidine rings is 2. The smallest absolute Gasteiger partial charge is 0.328 e. The van der Waals surface area contributed by atoms with Crippen LogP contribution in [0.2, 0.25) is 0 Å². The Hall–Kier alpha value is -5.40. The van der Waals surface area contributed by atoms with Crippen LogP contribution >= 0.6 is 0 Å². The molecule has 1 aliphatic carbocycles. The van der Waals surface area contributed by atoms with Gasteiger partial charge in [-0.1, -0.05) is 24.3 Å². The molecule has 8 rings (SSSR count). The Kier molecular flexibility index (Phi) is 12.8. The van der Waals surface area contributed by atoms with Crippen molar-refractivity contribution in [3.05, 3.63) is 90.0 Å². The molecular weight excluding hydrogens is 743 g/mol. The molecule has 5 aliphatic rings. The zero-order valence-corrected chi connectivity index (χ0v) is 34.0. The lowest BCUT2D eigenvalue weighted by Gasteiger charge is -2.41. The monoisotopic (exact) mass is 801 g/mol. The minimum absolute atomic E-state index is 0.211. The molecule has 3 saturated heterocycles. The van der Waals surface area contributed by atoms with Crippen molar-refractivity contribution in [1.82, 2.24) is 20.9 Å². The van der Waals surface area contributed by atoms with Crippen molar-refractivity contribution in [3.63, 3.8) is 0 Å². The fraction of sp³-hybridized carbons (Fsp3) is 0.478. The summed E-state index contributed by atoms with van der Waals surface area (Å²) in [5.74, 6) is 2.32. The molecule has 3 aromatic rings. The maximum atomic E-state index is 12.8. The summed E-state index contributed by atoms with van der Waals surface area (Å²) in [5, 5.41) is 10.1. The van der Waals surface area contributed by atoms with E-state index in [9.17, 15) is 14.4 Å². The number of urea groups is 1. The fourth-order valence-corrected chi connectivity index (χ4v) is 9.67. The number of anilines is 2. The first-order chi connectivity index (χ1) is 28.8. The van der Waals surface area contributed by atoms with Gasteiger partial charge in [-0.05, 0) is 143 Å². The number of amidine groups is 1. The standard InChI is InChI=1S/C46H59N9O4/c47-43(33-11-15-39(16-12-33)59-38-7-2-1-3-8-38)42(44(48)57)45-49-23-17-40(51-45)32-9-13-34(14-10-32)50-35-20-24-53(25-21-35)30-31-18-26-54(27-19-31)36-5-4-6-37(29-36)55-28-22-41(56)52-46(55)58/h1-8,11-12,15-16,29,31-32,34-35,40,50H,9-10,13-14,17-28,30,47H2,(H2,48,57)(H,49,51)(H,52,56,58)/b43-42-/t32?,34?,40-/m0/s1. The molecule has 4 aliphatic heterocycles. The molecule has 13 nitrogen and oxygen atoms in total. The zero-order valence-electron chi connectivity index (χ0n) is 34.0. The number of nitrogens with zero attached hydrogens (tertiary/aromatic N) is 4. The van der Waals surface area contributed by atoms with Crippen LogP contribution in [-0.2, 0) is 9.59 Å². The SMILES string of the molecule is NC(=O)/C(C1=NCC[C@@H](C2CCC(NC3CCN(CC4CCN(c5cccc(N6CCC(=O)NC6=O)c5)CC4)CC3)CC2)N1)=C(/N)c1ccc(Oc2ccccc2)cc1. The Morgan fingerprint density at radius 3 is 2.17 bits per heavy atom. The van der Waals surface area contributed by atoms with Crippen molar-refractivity contribution in [2.24, 2.45) is 28.3 Å². The quantitative estimate of drug-likeness (QED) is 0.151. The number of aliphatic imine (C=N–C) groups is 1. The number of amides is 4. The van der Waals surface area contributed by atoms with Crippen LogP contribution in [0.1, 0.15) is 69.8 Å². The number of benzene rings is 3. The first kappa shape index (κ1) is 40.4. The summed E-state index contributed by atoms with van der Waals surface area (Å²) in [6, 6.07) is 26.1. The van der Waals surface area contributed by atoms with Gasteiger partial charge in [-0.2, -0.15) is 0 Å². The summed E-state index contributed by atoms with van der Waals surface area (Å²) < 4.78 is 5.92. The number of hydrogen-bond donors (Lipinski definition) is 5. The van der Waals surface area contributed by atoms with Gasteiger partial charge in [0.05, 0.1) is 5.70 Å². The summed E-state index contributed by atoms with van der Waals surface area (Å²) in [7, 11) is 0. The minimum atomic E-state index is -0.589. The van der Waals surface area contributed by atoms with E-state index >= 15 is 0 Å². The van der Waals surface area contributed by atoms with Crippen molar-refractivity contribution >= 4 is 40.8 Å². The third-order valence-corrected chi connectivity index (χ3v) is 13.0. The molecule has 7 N–H and O–H groups in total. The Balaban J connectivity index is 0.754. The van der Waals surface area contributed by atoms with Gasteiger partial charge < -0.3 is 36.6 Å². The molecule has 0 unspecified atom stereocenters. The molecule has 4 heterocycles. The zero-order chi connectivity index (χ0) is 40.7. The second-order valence-electron chi connectivity index (χ2n) is 16.9. The van der Waals surface area contributed by atoms with E-state index in [1.165, 1.54) is 32.2 Å². The van der Waals surface area contributed by atoms with Crippen LogP contribution in [0.25, 0.3) is 5.70 Å². The van der Waals surface area contributed by atoms with Crippen LogP contribution in [0.3, 0.4) is 0 Å². The molecule has 13 heteroatoms. The number of nitrogens with two attached hydrogens (primary N) is 2. The van der Waals surface area contributed by atoms with Crippen molar-refractivity contribution in [3.8, 4) is 11.5 Å². The lowest BCUT2D eigenvalue weighted by atomic mass is 9.79. The van der Waals surface area contributed by atoms with Crippen molar-refractivity contribution in [2.45, 2.75) is 82.3 Å². The summed E-state index contributed by atoms with van der Waals surface area (Å²) in [5.41, 5.74) is 15.8. The Morgan fingerprint density at radius 2 is 1.46 bits per heavy atom. The van der Waals surface area contributed by atoms with Crippen LogP contribution in [0.4, 0.5) is 16.2 Å². The van der Waals surface area contributed by atoms with Crippen LogP contribution < -0.4 is 42.0 Å². The topological polar surface area (TPSA) is 171 Å². The molecule has 3 aromatic carbocycles. The van der Waals surface area contributed by atoms with Crippen LogP contribution in [-0.4, -0.2) is 92.5 Å². The maximum absolute atomic E-state index is 12.8. The highest BCUT2D eigenvalue weighted by atomic mass is 16.5. The molecule has 1 saturated carbocycles. The molecule has 1 atom stereocenters. The Morgan fingerprint density at radius 1 is 0.763 bits per heavy atom. The molecular formula is C46H59N9O4. The molecule has 0 spiro atoms. The number of rotatable bonds is 12. The largest absolute Gasteiger partial charge is 0.457 e. The first-order valence-corrected chi connectivity index (χ1v) is 21.6. The number of carbonyl (C=O) groups is 3. The lowest BCUT2D eigenvalue weighted by Crippen LogP contribution is -2.50. The van der Waals surface area contributed by atoms with Gasteiger partial charge in [-0.25, -0.2) is 4.79 Å². The highest BCUT2D eigenvalue weighted by Crippen LogP contribution is 2.32. The van der Waals surface area contributed by atoms with E-state index < -0.39 is 5.91 Å².